The normalized spacial score (nSPS) is 12.5. The van der Waals surface area contributed by atoms with Crippen molar-refractivity contribution in [2.45, 2.75) is 13.3 Å². The quantitative estimate of drug-likeness (QED) is 0.700. The van der Waals surface area contributed by atoms with Crippen LogP contribution in [0.1, 0.15) is 13.3 Å². The third kappa shape index (κ3) is 3.54. The van der Waals surface area contributed by atoms with Crippen molar-refractivity contribution in [2.24, 2.45) is 5.92 Å². The van der Waals surface area contributed by atoms with Crippen molar-refractivity contribution in [2.75, 3.05) is 24.2 Å². The molecule has 0 spiro atoms. The van der Waals surface area contributed by atoms with Crippen LogP contribution in [0.2, 0.25) is 5.02 Å². The smallest absolute Gasteiger partial charge is 0.143 e. The molecule has 16 heavy (non-hydrogen) atoms. The van der Waals surface area contributed by atoms with Crippen LogP contribution in [0.5, 0.6) is 0 Å². The minimum atomic E-state index is -0.492. The van der Waals surface area contributed by atoms with E-state index < -0.39 is 5.82 Å². The van der Waals surface area contributed by atoms with E-state index in [1.807, 2.05) is 6.92 Å². The van der Waals surface area contributed by atoms with Gasteiger partial charge in [-0.1, -0.05) is 18.5 Å². The number of hydrogen-bond donors (Lipinski definition) is 3. The third-order valence-corrected chi connectivity index (χ3v) is 2.64. The maximum Gasteiger partial charge on any atom is 0.143 e. The fourth-order valence-electron chi connectivity index (χ4n) is 1.32. The van der Waals surface area contributed by atoms with Crippen LogP contribution in [-0.4, -0.2) is 18.3 Å². The first-order valence-electron chi connectivity index (χ1n) is 5.13. The number of nitrogen functional groups attached to an aromatic ring is 1. The summed E-state index contributed by atoms with van der Waals surface area (Å²) in [5, 5.41) is 11.8. The monoisotopic (exact) mass is 246 g/mol. The van der Waals surface area contributed by atoms with E-state index in [-0.39, 0.29) is 11.6 Å². The Morgan fingerprint density at radius 1 is 1.56 bits per heavy atom. The molecule has 0 aliphatic rings. The van der Waals surface area contributed by atoms with Gasteiger partial charge < -0.3 is 16.2 Å². The molecule has 0 aliphatic heterocycles. The minimum absolute atomic E-state index is 0.0199. The molecular formula is C11H16ClFN2O. The van der Waals surface area contributed by atoms with E-state index in [0.717, 1.165) is 0 Å². The van der Waals surface area contributed by atoms with Crippen LogP contribution >= 0.6 is 11.6 Å². The summed E-state index contributed by atoms with van der Waals surface area (Å²) in [5.74, 6) is -0.198. The molecule has 3 nitrogen and oxygen atoms in total. The summed E-state index contributed by atoms with van der Waals surface area (Å²) in [6, 6.07) is 2.67. The molecule has 5 heteroatoms. The van der Waals surface area contributed by atoms with Crippen molar-refractivity contribution in [3.05, 3.63) is 23.0 Å². The number of hydrogen-bond acceptors (Lipinski definition) is 3. The highest BCUT2D eigenvalue weighted by atomic mass is 35.5. The van der Waals surface area contributed by atoms with Crippen molar-refractivity contribution in [1.29, 1.82) is 0 Å². The molecule has 0 aromatic heterocycles. The topological polar surface area (TPSA) is 58.3 Å². The van der Waals surface area contributed by atoms with E-state index in [0.29, 0.717) is 30.3 Å². The molecule has 1 rings (SSSR count). The second-order valence-corrected chi connectivity index (χ2v) is 4.26. The highest BCUT2D eigenvalue weighted by Crippen LogP contribution is 2.26. The van der Waals surface area contributed by atoms with E-state index in [2.05, 4.69) is 5.32 Å². The van der Waals surface area contributed by atoms with E-state index in [4.69, 9.17) is 22.4 Å². The first-order valence-corrected chi connectivity index (χ1v) is 5.51. The van der Waals surface area contributed by atoms with Crippen LogP contribution in [0.25, 0.3) is 0 Å². The van der Waals surface area contributed by atoms with Gasteiger partial charge in [0.2, 0.25) is 0 Å². The standard InChI is InChI=1S/C11H16ClFN2O/c1-7(2-3-16)6-15-11-5-9(13)8(12)4-10(11)14/h4-5,7,15-16H,2-3,6,14H2,1H3. The number of rotatable bonds is 5. The number of anilines is 2. The highest BCUT2D eigenvalue weighted by molar-refractivity contribution is 6.31. The van der Waals surface area contributed by atoms with Gasteiger partial charge in [-0.15, -0.1) is 0 Å². The Bertz CT molecular complexity index is 360. The van der Waals surface area contributed by atoms with E-state index in [1.54, 1.807) is 0 Å². The summed E-state index contributed by atoms with van der Waals surface area (Å²) in [7, 11) is 0. The van der Waals surface area contributed by atoms with Gasteiger partial charge in [-0.2, -0.15) is 0 Å². The number of nitrogens with two attached hydrogens (primary N) is 1. The van der Waals surface area contributed by atoms with Gasteiger partial charge >= 0.3 is 0 Å². The molecule has 1 atom stereocenters. The highest BCUT2D eigenvalue weighted by Gasteiger charge is 2.07. The third-order valence-electron chi connectivity index (χ3n) is 2.36. The molecule has 4 N–H and O–H groups in total. The lowest BCUT2D eigenvalue weighted by atomic mass is 10.1. The Balaban J connectivity index is 2.63. The lowest BCUT2D eigenvalue weighted by Gasteiger charge is -2.14. The average Bonchev–Trinajstić information content (AvgIpc) is 2.22. The zero-order chi connectivity index (χ0) is 12.1. The van der Waals surface area contributed by atoms with Gasteiger partial charge in [0.15, 0.2) is 0 Å². The summed E-state index contributed by atoms with van der Waals surface area (Å²) in [6.07, 6.45) is 0.697. The molecular weight excluding hydrogens is 231 g/mol. The Hall–Kier alpha value is -1.00. The first kappa shape index (κ1) is 13.1. The van der Waals surface area contributed by atoms with Gasteiger partial charge in [0, 0.05) is 19.2 Å². The van der Waals surface area contributed by atoms with E-state index in [1.165, 1.54) is 12.1 Å². The predicted molar refractivity (Wildman–Crippen MR) is 65.2 cm³/mol. The molecule has 0 radical (unpaired) electrons. The molecule has 0 amide bonds. The summed E-state index contributed by atoms with van der Waals surface area (Å²) < 4.78 is 13.2. The first-order chi connectivity index (χ1) is 7.54. The van der Waals surface area contributed by atoms with Gasteiger partial charge in [0.05, 0.1) is 16.4 Å². The maximum absolute atomic E-state index is 13.2. The van der Waals surface area contributed by atoms with Crippen molar-refractivity contribution < 1.29 is 9.50 Å². The number of aliphatic hydroxyl groups excluding tert-OH is 1. The largest absolute Gasteiger partial charge is 0.397 e. The van der Waals surface area contributed by atoms with E-state index >= 15 is 0 Å². The summed E-state index contributed by atoms with van der Waals surface area (Å²) in [6.45, 7) is 2.77. The van der Waals surface area contributed by atoms with Crippen LogP contribution in [0.3, 0.4) is 0 Å². The fourth-order valence-corrected chi connectivity index (χ4v) is 1.49. The molecule has 0 fully saturated rings. The van der Waals surface area contributed by atoms with Gasteiger partial charge in [0.25, 0.3) is 0 Å². The fraction of sp³-hybridized carbons (Fsp3) is 0.455. The van der Waals surface area contributed by atoms with Crippen LogP contribution in [0.15, 0.2) is 12.1 Å². The molecule has 0 heterocycles. The molecule has 1 aromatic carbocycles. The van der Waals surface area contributed by atoms with Crippen LogP contribution in [0, 0.1) is 11.7 Å². The molecule has 1 unspecified atom stereocenters. The van der Waals surface area contributed by atoms with Crippen LogP contribution < -0.4 is 11.1 Å². The molecule has 0 saturated carbocycles. The molecule has 0 saturated heterocycles. The Morgan fingerprint density at radius 3 is 2.88 bits per heavy atom. The Kier molecular flexibility index (Phi) is 4.83. The molecule has 90 valence electrons. The van der Waals surface area contributed by atoms with Gasteiger partial charge in [-0.3, -0.25) is 0 Å². The van der Waals surface area contributed by atoms with Crippen molar-refractivity contribution in [3.8, 4) is 0 Å². The van der Waals surface area contributed by atoms with Gasteiger partial charge in [-0.25, -0.2) is 4.39 Å². The van der Waals surface area contributed by atoms with Crippen molar-refractivity contribution >= 4 is 23.0 Å². The van der Waals surface area contributed by atoms with Crippen LogP contribution in [-0.2, 0) is 0 Å². The number of halogens is 2. The maximum atomic E-state index is 13.2. The predicted octanol–water partition coefficient (Wildman–Crippen LogP) is 2.49. The summed E-state index contributed by atoms with van der Waals surface area (Å²) in [5.41, 5.74) is 6.64. The van der Waals surface area contributed by atoms with Gasteiger partial charge in [0.1, 0.15) is 5.82 Å². The number of aliphatic hydroxyl groups is 1. The molecule has 1 aromatic rings. The molecule has 0 bridgehead atoms. The lowest BCUT2D eigenvalue weighted by molar-refractivity contribution is 0.266. The molecule has 0 aliphatic carbocycles. The minimum Gasteiger partial charge on any atom is -0.397 e. The number of nitrogens with one attached hydrogen (secondary N) is 1. The summed E-state index contributed by atoms with van der Waals surface area (Å²) >= 11 is 5.58. The second-order valence-electron chi connectivity index (χ2n) is 3.85. The zero-order valence-corrected chi connectivity index (χ0v) is 9.89. The second kappa shape index (κ2) is 5.92. The van der Waals surface area contributed by atoms with Crippen molar-refractivity contribution in [3.63, 3.8) is 0 Å². The van der Waals surface area contributed by atoms with E-state index in [9.17, 15) is 4.39 Å². The Labute approximate surface area is 99.4 Å². The van der Waals surface area contributed by atoms with Gasteiger partial charge in [-0.05, 0) is 18.4 Å². The van der Waals surface area contributed by atoms with Crippen molar-refractivity contribution in [1.82, 2.24) is 0 Å². The number of benzene rings is 1. The van der Waals surface area contributed by atoms with Crippen LogP contribution in [0.4, 0.5) is 15.8 Å². The zero-order valence-electron chi connectivity index (χ0n) is 9.13. The lowest BCUT2D eigenvalue weighted by Crippen LogP contribution is -2.13. The average molecular weight is 247 g/mol. The summed E-state index contributed by atoms with van der Waals surface area (Å²) in [4.78, 5) is 0. The SMILES string of the molecule is CC(CCO)CNc1cc(F)c(Cl)cc1N. The Morgan fingerprint density at radius 2 is 2.25 bits per heavy atom.